The summed E-state index contributed by atoms with van der Waals surface area (Å²) in [6.07, 6.45) is 0. The zero-order chi connectivity index (χ0) is 19.2. The normalized spacial score (nSPS) is 11.0. The first kappa shape index (κ1) is 18.0. The molecule has 3 aromatic rings. The number of benzene rings is 3. The number of phenolic OH excluding ortho intramolecular Hbond substituents is 1. The molecule has 3 rings (SSSR count). The molecule has 0 unspecified atom stereocenters. The molecule has 0 radical (unpaired) electrons. The predicted molar refractivity (Wildman–Crippen MR) is 103 cm³/mol. The molecule has 0 aliphatic heterocycles. The van der Waals surface area contributed by atoms with E-state index in [1.807, 2.05) is 36.4 Å². The molecule has 0 saturated carbocycles. The molecule has 0 aromatic heterocycles. The van der Waals surface area contributed by atoms with Crippen LogP contribution in [0.3, 0.4) is 0 Å². The monoisotopic (exact) mass is 359 g/mol. The number of hydrogen-bond acceptors (Lipinski definition) is 5. The van der Waals surface area contributed by atoms with E-state index in [0.717, 1.165) is 5.39 Å². The Morgan fingerprint density at radius 1 is 1.15 bits per heavy atom. The topological polar surface area (TPSA) is 94.7 Å². The summed E-state index contributed by atoms with van der Waals surface area (Å²) < 4.78 is 5.36. The fourth-order valence-electron chi connectivity index (χ4n) is 2.61. The van der Waals surface area contributed by atoms with Crippen LogP contribution in [-0.4, -0.2) is 23.3 Å². The Morgan fingerprint density at radius 3 is 2.70 bits per heavy atom. The van der Waals surface area contributed by atoms with Crippen LogP contribution in [0.5, 0.6) is 11.5 Å². The van der Waals surface area contributed by atoms with Crippen molar-refractivity contribution in [3.05, 3.63) is 71.8 Å². The minimum atomic E-state index is -0.470. The number of para-hydroxylation sites is 1. The minimum Gasteiger partial charge on any atom is -0.507 e. The lowest BCUT2D eigenvalue weighted by Crippen LogP contribution is -2.25. The largest absolute Gasteiger partial charge is 0.507 e. The van der Waals surface area contributed by atoms with E-state index in [9.17, 15) is 9.90 Å². The van der Waals surface area contributed by atoms with Crippen LogP contribution < -0.4 is 10.2 Å². The van der Waals surface area contributed by atoms with Crippen molar-refractivity contribution in [2.24, 2.45) is 5.10 Å². The van der Waals surface area contributed by atoms with E-state index >= 15 is 0 Å². The average molecular weight is 359 g/mol. The van der Waals surface area contributed by atoms with Crippen LogP contribution in [0.2, 0.25) is 0 Å². The van der Waals surface area contributed by atoms with Crippen LogP contribution in [0.4, 0.5) is 0 Å². The second-order valence-electron chi connectivity index (χ2n) is 5.81. The summed E-state index contributed by atoms with van der Waals surface area (Å²) in [7, 11) is 0. The van der Waals surface area contributed by atoms with Gasteiger partial charge in [-0.1, -0.05) is 42.5 Å². The van der Waals surface area contributed by atoms with Crippen molar-refractivity contribution in [1.82, 2.24) is 5.43 Å². The van der Waals surface area contributed by atoms with Crippen LogP contribution in [-0.2, 0) is 4.79 Å². The lowest BCUT2D eigenvalue weighted by Gasteiger charge is -2.09. The molecule has 2 N–H and O–H groups in total. The first-order chi connectivity index (χ1) is 13.1. The summed E-state index contributed by atoms with van der Waals surface area (Å²) in [4.78, 5) is 12.0. The number of aromatic hydroxyl groups is 1. The van der Waals surface area contributed by atoms with Gasteiger partial charge in [-0.05, 0) is 30.5 Å². The molecule has 0 heterocycles. The molecule has 0 fully saturated rings. The second-order valence-corrected chi connectivity index (χ2v) is 5.81. The summed E-state index contributed by atoms with van der Waals surface area (Å²) >= 11 is 0. The fourth-order valence-corrected chi connectivity index (χ4v) is 2.61. The number of hydrazone groups is 1. The van der Waals surface area contributed by atoms with Gasteiger partial charge in [0.1, 0.15) is 17.6 Å². The molecular weight excluding hydrogens is 342 g/mol. The number of nitriles is 1. The Hall–Kier alpha value is -3.85. The molecule has 6 nitrogen and oxygen atoms in total. The quantitative estimate of drug-likeness (QED) is 0.539. The highest BCUT2D eigenvalue weighted by Crippen LogP contribution is 2.28. The SMILES string of the molecule is C/C(=N\NC(=O)COc1ccccc1C#N)c1ccc2ccccc2c1O. The summed E-state index contributed by atoms with van der Waals surface area (Å²) in [5.41, 5.74) is 3.74. The van der Waals surface area contributed by atoms with E-state index < -0.39 is 5.91 Å². The maximum atomic E-state index is 12.0. The van der Waals surface area contributed by atoms with Crippen LogP contribution in [0.15, 0.2) is 65.8 Å². The van der Waals surface area contributed by atoms with E-state index in [1.165, 1.54) is 0 Å². The third-order valence-corrected chi connectivity index (χ3v) is 4.00. The first-order valence-corrected chi connectivity index (χ1v) is 8.26. The Morgan fingerprint density at radius 2 is 1.89 bits per heavy atom. The summed E-state index contributed by atoms with van der Waals surface area (Å²) in [5, 5.41) is 25.1. The Kier molecular flexibility index (Phi) is 5.33. The van der Waals surface area contributed by atoms with Gasteiger partial charge in [0.2, 0.25) is 0 Å². The maximum absolute atomic E-state index is 12.0. The van der Waals surface area contributed by atoms with Gasteiger partial charge in [0.05, 0.1) is 11.3 Å². The average Bonchev–Trinajstić information content (AvgIpc) is 2.71. The van der Waals surface area contributed by atoms with Crippen molar-refractivity contribution in [3.63, 3.8) is 0 Å². The number of ether oxygens (including phenoxy) is 1. The van der Waals surface area contributed by atoms with E-state index in [1.54, 1.807) is 37.3 Å². The molecule has 6 heteroatoms. The number of carbonyl (C=O) groups is 1. The standard InChI is InChI=1S/C21H17N3O3/c1-14(17-11-10-15-6-2-4-8-18(15)21(17)26)23-24-20(25)13-27-19-9-5-3-7-16(19)12-22/h2-11,26H,13H2,1H3,(H,24,25)/b23-14+. The highest BCUT2D eigenvalue weighted by atomic mass is 16.5. The van der Waals surface area contributed by atoms with E-state index in [2.05, 4.69) is 10.5 Å². The van der Waals surface area contributed by atoms with Crippen LogP contribution in [0, 0.1) is 11.3 Å². The second kappa shape index (κ2) is 8.02. The zero-order valence-electron chi connectivity index (χ0n) is 14.6. The smallest absolute Gasteiger partial charge is 0.277 e. The first-order valence-electron chi connectivity index (χ1n) is 8.26. The number of hydrogen-bond donors (Lipinski definition) is 2. The molecule has 0 aliphatic carbocycles. The Balaban J connectivity index is 1.68. The van der Waals surface area contributed by atoms with E-state index in [-0.39, 0.29) is 12.4 Å². The van der Waals surface area contributed by atoms with Gasteiger partial charge in [-0.2, -0.15) is 10.4 Å². The number of amides is 1. The summed E-state index contributed by atoms with van der Waals surface area (Å²) in [6, 6.07) is 19.8. The molecule has 0 bridgehead atoms. The zero-order valence-corrected chi connectivity index (χ0v) is 14.6. The van der Waals surface area contributed by atoms with Crippen molar-refractivity contribution >= 4 is 22.4 Å². The fraction of sp³-hybridized carbons (Fsp3) is 0.0952. The lowest BCUT2D eigenvalue weighted by molar-refractivity contribution is -0.123. The Bertz CT molecular complexity index is 1070. The van der Waals surface area contributed by atoms with Crippen molar-refractivity contribution in [3.8, 4) is 17.6 Å². The van der Waals surface area contributed by atoms with E-state index in [0.29, 0.717) is 28.0 Å². The van der Waals surface area contributed by atoms with Gasteiger partial charge in [0, 0.05) is 10.9 Å². The van der Waals surface area contributed by atoms with E-state index in [4.69, 9.17) is 10.00 Å². The van der Waals surface area contributed by atoms with Crippen LogP contribution in [0.25, 0.3) is 10.8 Å². The number of rotatable bonds is 5. The van der Waals surface area contributed by atoms with Crippen molar-refractivity contribution in [2.45, 2.75) is 6.92 Å². The highest BCUT2D eigenvalue weighted by molar-refractivity contribution is 6.06. The van der Waals surface area contributed by atoms with Gasteiger partial charge in [0.15, 0.2) is 6.61 Å². The summed E-state index contributed by atoms with van der Waals surface area (Å²) in [5.74, 6) is -0.0202. The molecular formula is C21H17N3O3. The van der Waals surface area contributed by atoms with Crippen molar-refractivity contribution in [1.29, 1.82) is 5.26 Å². The predicted octanol–water partition coefficient (Wildman–Crippen LogP) is 3.34. The van der Waals surface area contributed by atoms with Gasteiger partial charge >= 0.3 is 0 Å². The molecule has 0 aliphatic rings. The van der Waals surface area contributed by atoms with Crippen molar-refractivity contribution < 1.29 is 14.6 Å². The highest BCUT2D eigenvalue weighted by Gasteiger charge is 2.10. The van der Waals surface area contributed by atoms with Gasteiger partial charge in [-0.25, -0.2) is 5.43 Å². The van der Waals surface area contributed by atoms with Gasteiger partial charge in [-0.15, -0.1) is 0 Å². The van der Waals surface area contributed by atoms with Crippen molar-refractivity contribution in [2.75, 3.05) is 6.61 Å². The molecule has 0 spiro atoms. The number of nitrogens with zero attached hydrogens (tertiary/aromatic N) is 2. The van der Waals surface area contributed by atoms with Gasteiger partial charge in [-0.3, -0.25) is 4.79 Å². The molecule has 1 amide bonds. The maximum Gasteiger partial charge on any atom is 0.277 e. The number of phenols is 1. The van der Waals surface area contributed by atoms with Gasteiger partial charge < -0.3 is 9.84 Å². The molecule has 0 atom stereocenters. The number of carbonyl (C=O) groups excluding carboxylic acids is 1. The third kappa shape index (κ3) is 4.05. The molecule has 3 aromatic carbocycles. The lowest BCUT2D eigenvalue weighted by atomic mass is 10.0. The molecule has 0 saturated heterocycles. The summed E-state index contributed by atoms with van der Waals surface area (Å²) in [6.45, 7) is 1.41. The molecule has 27 heavy (non-hydrogen) atoms. The van der Waals surface area contributed by atoms with Crippen LogP contribution in [0.1, 0.15) is 18.1 Å². The number of fused-ring (bicyclic) bond motifs is 1. The van der Waals surface area contributed by atoms with Crippen LogP contribution >= 0.6 is 0 Å². The minimum absolute atomic E-state index is 0.114. The Labute approximate surface area is 156 Å². The molecule has 134 valence electrons. The number of nitrogens with one attached hydrogen (secondary N) is 1. The van der Waals surface area contributed by atoms with Gasteiger partial charge in [0.25, 0.3) is 5.91 Å². The third-order valence-electron chi connectivity index (χ3n) is 4.00.